The van der Waals surface area contributed by atoms with Crippen LogP contribution in [0.15, 0.2) is 12.3 Å². The van der Waals surface area contributed by atoms with Crippen molar-refractivity contribution in [2.75, 3.05) is 20.2 Å². The van der Waals surface area contributed by atoms with Crippen molar-refractivity contribution in [3.63, 3.8) is 0 Å². The second kappa shape index (κ2) is 6.04. The number of carbonyl (C=O) groups excluding carboxylic acids is 2. The van der Waals surface area contributed by atoms with Crippen LogP contribution in [0.2, 0.25) is 0 Å². The number of ether oxygens (including phenoxy) is 1. The third-order valence-electron chi connectivity index (χ3n) is 2.10. The molecule has 0 aliphatic rings. The summed E-state index contributed by atoms with van der Waals surface area (Å²) in [6.45, 7) is 1.47. The van der Waals surface area contributed by atoms with Crippen LogP contribution in [0.4, 0.5) is 8.78 Å². The maximum Gasteiger partial charge on any atom is 0.325 e. The number of nitrogens with zero attached hydrogens (tertiary/aromatic N) is 2. The van der Waals surface area contributed by atoms with E-state index in [2.05, 4.69) is 9.72 Å². The van der Waals surface area contributed by atoms with Gasteiger partial charge in [-0.2, -0.15) is 4.39 Å². The minimum absolute atomic E-state index is 0.180. The first-order valence-corrected chi connectivity index (χ1v) is 5.18. The molecule has 0 spiro atoms. The van der Waals surface area contributed by atoms with Crippen LogP contribution in [0.1, 0.15) is 17.3 Å². The molecule has 7 heteroatoms. The van der Waals surface area contributed by atoms with Crippen LogP contribution in [0.3, 0.4) is 0 Å². The van der Waals surface area contributed by atoms with E-state index in [-0.39, 0.29) is 13.2 Å². The molecule has 0 unspecified atom stereocenters. The van der Waals surface area contributed by atoms with Crippen LogP contribution in [0.5, 0.6) is 0 Å². The average Bonchev–Trinajstić information content (AvgIpc) is 2.32. The van der Waals surface area contributed by atoms with Gasteiger partial charge in [-0.1, -0.05) is 0 Å². The molecule has 1 rings (SSSR count). The lowest BCUT2D eigenvalue weighted by Gasteiger charge is -2.16. The molecular formula is C11H12F2N2O3. The maximum atomic E-state index is 13.3. The summed E-state index contributed by atoms with van der Waals surface area (Å²) < 4.78 is 30.8. The molecule has 5 nitrogen and oxygen atoms in total. The number of halogens is 2. The summed E-state index contributed by atoms with van der Waals surface area (Å²) in [6, 6.07) is 1.04. The molecule has 0 radical (unpaired) electrons. The molecule has 1 heterocycles. The van der Waals surface area contributed by atoms with Crippen molar-refractivity contribution in [3.8, 4) is 0 Å². The van der Waals surface area contributed by atoms with Gasteiger partial charge in [0.15, 0.2) is 5.82 Å². The molecule has 1 aromatic heterocycles. The van der Waals surface area contributed by atoms with Gasteiger partial charge in [-0.15, -0.1) is 0 Å². The highest BCUT2D eigenvalue weighted by Gasteiger charge is 2.21. The minimum Gasteiger partial charge on any atom is -0.465 e. The number of likely N-dealkylation sites (N-methyl/N-ethyl adjacent to an activating group) is 1. The second-order valence-electron chi connectivity index (χ2n) is 3.43. The lowest BCUT2D eigenvalue weighted by molar-refractivity contribution is -0.143. The highest BCUT2D eigenvalue weighted by atomic mass is 19.2. The summed E-state index contributed by atoms with van der Waals surface area (Å²) >= 11 is 0. The Balaban J connectivity index is 2.81. The number of amides is 1. The Kier molecular flexibility index (Phi) is 4.70. The highest BCUT2D eigenvalue weighted by molar-refractivity contribution is 5.95. The first kappa shape index (κ1) is 14.0. The third kappa shape index (κ3) is 3.22. The van der Waals surface area contributed by atoms with Crippen molar-refractivity contribution in [1.82, 2.24) is 9.88 Å². The largest absolute Gasteiger partial charge is 0.465 e. The van der Waals surface area contributed by atoms with Crippen LogP contribution in [-0.4, -0.2) is 42.0 Å². The molecule has 18 heavy (non-hydrogen) atoms. The highest BCUT2D eigenvalue weighted by Crippen LogP contribution is 2.11. The number of pyridine rings is 1. The van der Waals surface area contributed by atoms with E-state index in [1.54, 1.807) is 6.92 Å². The molecule has 0 saturated carbocycles. The van der Waals surface area contributed by atoms with Gasteiger partial charge < -0.3 is 9.64 Å². The van der Waals surface area contributed by atoms with Gasteiger partial charge in [0.05, 0.1) is 12.2 Å². The van der Waals surface area contributed by atoms with Crippen LogP contribution < -0.4 is 0 Å². The SMILES string of the molecule is CCOC(=O)CN(C)C(=O)c1ccnc(F)c1F. The van der Waals surface area contributed by atoms with Gasteiger partial charge >= 0.3 is 5.97 Å². The van der Waals surface area contributed by atoms with E-state index in [0.29, 0.717) is 0 Å². The van der Waals surface area contributed by atoms with Crippen LogP contribution in [-0.2, 0) is 9.53 Å². The molecule has 0 aliphatic heterocycles. The van der Waals surface area contributed by atoms with Gasteiger partial charge in [0.2, 0.25) is 5.95 Å². The van der Waals surface area contributed by atoms with Crippen molar-refractivity contribution in [2.24, 2.45) is 0 Å². The van der Waals surface area contributed by atoms with Crippen molar-refractivity contribution >= 4 is 11.9 Å². The zero-order valence-electron chi connectivity index (χ0n) is 9.94. The number of hydrogen-bond acceptors (Lipinski definition) is 4. The molecule has 0 bridgehead atoms. The Bertz CT molecular complexity index is 466. The smallest absolute Gasteiger partial charge is 0.325 e. The maximum absolute atomic E-state index is 13.3. The van der Waals surface area contributed by atoms with Crippen LogP contribution in [0.25, 0.3) is 0 Å². The normalized spacial score (nSPS) is 10.0. The summed E-state index contributed by atoms with van der Waals surface area (Å²) in [6.07, 6.45) is 0.976. The van der Waals surface area contributed by atoms with E-state index in [1.807, 2.05) is 0 Å². The Hall–Kier alpha value is -2.05. The average molecular weight is 258 g/mol. The van der Waals surface area contributed by atoms with Crippen molar-refractivity contribution in [1.29, 1.82) is 0 Å². The Morgan fingerprint density at radius 1 is 1.44 bits per heavy atom. The first-order chi connectivity index (χ1) is 8.47. The predicted octanol–water partition coefficient (Wildman–Crippen LogP) is 0.995. The minimum atomic E-state index is -1.36. The molecule has 0 aromatic carbocycles. The summed E-state index contributed by atoms with van der Waals surface area (Å²) in [5.74, 6) is -4.13. The van der Waals surface area contributed by atoms with Crippen LogP contribution >= 0.6 is 0 Å². The number of esters is 1. The quantitative estimate of drug-likeness (QED) is 0.597. The summed E-state index contributed by atoms with van der Waals surface area (Å²) in [5.41, 5.74) is -0.478. The molecule has 0 atom stereocenters. The number of hydrogen-bond donors (Lipinski definition) is 0. The Morgan fingerprint density at radius 2 is 2.11 bits per heavy atom. The lowest BCUT2D eigenvalue weighted by atomic mass is 10.2. The van der Waals surface area contributed by atoms with Gasteiger partial charge in [-0.3, -0.25) is 9.59 Å². The van der Waals surface area contributed by atoms with Crippen molar-refractivity contribution in [3.05, 3.63) is 29.6 Å². The van der Waals surface area contributed by atoms with E-state index in [9.17, 15) is 18.4 Å². The van der Waals surface area contributed by atoms with E-state index < -0.39 is 29.2 Å². The standard InChI is InChI=1S/C11H12F2N2O3/c1-3-18-8(16)6-15(2)11(17)7-4-5-14-10(13)9(7)12/h4-5H,3,6H2,1-2H3. The van der Waals surface area contributed by atoms with Gasteiger partial charge in [0.25, 0.3) is 5.91 Å². The predicted molar refractivity (Wildman–Crippen MR) is 57.7 cm³/mol. The number of aromatic nitrogens is 1. The fourth-order valence-electron chi connectivity index (χ4n) is 1.26. The molecule has 0 N–H and O–H groups in total. The van der Waals surface area contributed by atoms with Crippen molar-refractivity contribution in [2.45, 2.75) is 6.92 Å². The molecular weight excluding hydrogens is 246 g/mol. The fourth-order valence-corrected chi connectivity index (χ4v) is 1.26. The van der Waals surface area contributed by atoms with Gasteiger partial charge in [0.1, 0.15) is 6.54 Å². The van der Waals surface area contributed by atoms with Gasteiger partial charge in [-0.25, -0.2) is 9.37 Å². The third-order valence-corrected chi connectivity index (χ3v) is 2.10. The molecule has 98 valence electrons. The van der Waals surface area contributed by atoms with Gasteiger partial charge in [-0.05, 0) is 13.0 Å². The van der Waals surface area contributed by atoms with E-state index in [1.165, 1.54) is 7.05 Å². The van der Waals surface area contributed by atoms with Crippen LogP contribution in [0, 0.1) is 11.8 Å². The number of rotatable bonds is 4. The monoisotopic (exact) mass is 258 g/mol. The van der Waals surface area contributed by atoms with E-state index >= 15 is 0 Å². The first-order valence-electron chi connectivity index (χ1n) is 5.18. The molecule has 0 aliphatic carbocycles. The van der Waals surface area contributed by atoms with Gasteiger partial charge in [0, 0.05) is 13.2 Å². The Labute approximate surface area is 102 Å². The molecule has 0 saturated heterocycles. The van der Waals surface area contributed by atoms with E-state index in [0.717, 1.165) is 17.2 Å². The number of carbonyl (C=O) groups is 2. The second-order valence-corrected chi connectivity index (χ2v) is 3.43. The zero-order valence-corrected chi connectivity index (χ0v) is 9.94. The lowest BCUT2D eigenvalue weighted by Crippen LogP contribution is -2.33. The summed E-state index contributed by atoms with van der Waals surface area (Å²) in [5, 5.41) is 0. The molecule has 1 aromatic rings. The molecule has 1 amide bonds. The zero-order chi connectivity index (χ0) is 13.7. The Morgan fingerprint density at radius 3 is 2.72 bits per heavy atom. The summed E-state index contributed by atoms with van der Waals surface area (Å²) in [4.78, 5) is 26.9. The molecule has 0 fully saturated rings. The van der Waals surface area contributed by atoms with E-state index in [4.69, 9.17) is 0 Å². The summed E-state index contributed by atoms with van der Waals surface area (Å²) in [7, 11) is 1.29. The topological polar surface area (TPSA) is 59.5 Å². The fraction of sp³-hybridized carbons (Fsp3) is 0.364. The van der Waals surface area contributed by atoms with Crippen molar-refractivity contribution < 1.29 is 23.1 Å².